The molecular weight excluding hydrogens is 250 g/mol. The molecule has 0 radical (unpaired) electrons. The molecular formula is C12H15N3O2S. The highest BCUT2D eigenvalue weighted by Crippen LogP contribution is 2.37. The van der Waals surface area contributed by atoms with E-state index in [1.807, 2.05) is 11.8 Å². The van der Waals surface area contributed by atoms with Crippen LogP contribution >= 0.6 is 11.8 Å². The van der Waals surface area contributed by atoms with Crippen molar-refractivity contribution in [2.24, 2.45) is 5.92 Å². The fourth-order valence-electron chi connectivity index (χ4n) is 1.87. The van der Waals surface area contributed by atoms with Gasteiger partial charge in [-0.05, 0) is 30.3 Å². The van der Waals surface area contributed by atoms with E-state index in [0.29, 0.717) is 24.2 Å². The van der Waals surface area contributed by atoms with E-state index in [4.69, 9.17) is 0 Å². The summed E-state index contributed by atoms with van der Waals surface area (Å²) in [7, 11) is 0. The summed E-state index contributed by atoms with van der Waals surface area (Å²) in [6, 6.07) is 1.27. The van der Waals surface area contributed by atoms with Crippen molar-refractivity contribution in [3.63, 3.8) is 0 Å². The second-order valence-electron chi connectivity index (χ2n) is 4.90. The average Bonchev–Trinajstić information content (AvgIpc) is 3.09. The lowest BCUT2D eigenvalue weighted by Gasteiger charge is -2.24. The molecule has 0 aromatic carbocycles. The van der Waals surface area contributed by atoms with Crippen LogP contribution in [-0.2, 0) is 0 Å². The van der Waals surface area contributed by atoms with E-state index in [9.17, 15) is 9.59 Å². The van der Waals surface area contributed by atoms with Crippen molar-refractivity contribution >= 4 is 17.7 Å². The molecule has 0 spiro atoms. The quantitative estimate of drug-likeness (QED) is 0.842. The molecule has 1 aliphatic heterocycles. The van der Waals surface area contributed by atoms with Crippen molar-refractivity contribution in [1.82, 2.24) is 15.3 Å². The first-order valence-electron chi connectivity index (χ1n) is 6.19. The fourth-order valence-corrected chi connectivity index (χ4v) is 2.68. The number of carbonyl (C=O) groups is 1. The number of carbonyl (C=O) groups excluding carboxylic acids is 1. The zero-order valence-corrected chi connectivity index (χ0v) is 10.8. The van der Waals surface area contributed by atoms with E-state index in [-0.39, 0.29) is 17.2 Å². The molecule has 1 saturated heterocycles. The first-order chi connectivity index (χ1) is 8.72. The molecule has 2 fully saturated rings. The van der Waals surface area contributed by atoms with E-state index >= 15 is 0 Å². The van der Waals surface area contributed by atoms with Gasteiger partial charge in [-0.2, -0.15) is 11.8 Å². The van der Waals surface area contributed by atoms with Gasteiger partial charge in [0.25, 0.3) is 11.5 Å². The van der Waals surface area contributed by atoms with Gasteiger partial charge in [0.1, 0.15) is 11.5 Å². The maximum atomic E-state index is 11.9. The zero-order chi connectivity index (χ0) is 12.5. The van der Waals surface area contributed by atoms with Crippen LogP contribution in [0.5, 0.6) is 0 Å². The van der Waals surface area contributed by atoms with Crippen LogP contribution in [0.25, 0.3) is 0 Å². The molecule has 2 aliphatic rings. The summed E-state index contributed by atoms with van der Waals surface area (Å²) in [6.07, 6.45) is 2.10. The second kappa shape index (κ2) is 4.76. The van der Waals surface area contributed by atoms with Gasteiger partial charge >= 0.3 is 0 Å². The third-order valence-corrected chi connectivity index (χ3v) is 4.63. The molecule has 2 N–H and O–H groups in total. The van der Waals surface area contributed by atoms with Crippen molar-refractivity contribution in [1.29, 1.82) is 0 Å². The largest absolute Gasteiger partial charge is 0.350 e. The van der Waals surface area contributed by atoms with Crippen LogP contribution in [0.4, 0.5) is 0 Å². The van der Waals surface area contributed by atoms with Crippen LogP contribution < -0.4 is 10.9 Å². The summed E-state index contributed by atoms with van der Waals surface area (Å²) in [5.41, 5.74) is 0.00359. The standard InChI is InChI=1S/C12H15N3O2S/c16-10-3-9(14-11(15-10)8-1-2-8)12(17)13-4-7-5-18-6-7/h3,7-8H,1-2,4-6H2,(H,13,17)(H,14,15,16). The molecule has 96 valence electrons. The second-order valence-corrected chi connectivity index (χ2v) is 5.98. The summed E-state index contributed by atoms with van der Waals surface area (Å²) < 4.78 is 0. The van der Waals surface area contributed by atoms with Gasteiger partial charge < -0.3 is 10.3 Å². The molecule has 0 bridgehead atoms. The summed E-state index contributed by atoms with van der Waals surface area (Å²) in [5.74, 6) is 3.55. The molecule has 5 nitrogen and oxygen atoms in total. The zero-order valence-electron chi connectivity index (χ0n) is 9.94. The molecule has 1 amide bonds. The molecule has 0 atom stereocenters. The number of aromatic amines is 1. The van der Waals surface area contributed by atoms with E-state index in [1.54, 1.807) is 0 Å². The topological polar surface area (TPSA) is 74.8 Å². The van der Waals surface area contributed by atoms with Crippen molar-refractivity contribution in [3.05, 3.63) is 27.9 Å². The van der Waals surface area contributed by atoms with Gasteiger partial charge in [0.05, 0.1) is 0 Å². The van der Waals surface area contributed by atoms with Gasteiger partial charge in [0.15, 0.2) is 0 Å². The number of hydrogen-bond donors (Lipinski definition) is 2. The lowest BCUT2D eigenvalue weighted by molar-refractivity contribution is 0.0943. The third kappa shape index (κ3) is 2.58. The summed E-state index contributed by atoms with van der Waals surface area (Å²) >= 11 is 1.89. The Morgan fingerprint density at radius 2 is 2.28 bits per heavy atom. The molecule has 1 aromatic heterocycles. The summed E-state index contributed by atoms with van der Waals surface area (Å²) in [5, 5.41) is 2.85. The van der Waals surface area contributed by atoms with Gasteiger partial charge in [0.2, 0.25) is 0 Å². The van der Waals surface area contributed by atoms with Crippen LogP contribution in [0, 0.1) is 5.92 Å². The molecule has 0 unspecified atom stereocenters. The maximum absolute atomic E-state index is 11.9. The van der Waals surface area contributed by atoms with Crippen LogP contribution in [0.15, 0.2) is 10.9 Å². The van der Waals surface area contributed by atoms with Crippen molar-refractivity contribution in [3.8, 4) is 0 Å². The lowest BCUT2D eigenvalue weighted by atomic mass is 10.2. The van der Waals surface area contributed by atoms with Crippen molar-refractivity contribution < 1.29 is 4.79 Å². The Balaban J connectivity index is 1.69. The van der Waals surface area contributed by atoms with Gasteiger partial charge in [-0.15, -0.1) is 0 Å². The first kappa shape index (κ1) is 11.8. The summed E-state index contributed by atoms with van der Waals surface area (Å²) in [4.78, 5) is 30.3. The van der Waals surface area contributed by atoms with E-state index in [2.05, 4.69) is 15.3 Å². The molecule has 1 aliphatic carbocycles. The Labute approximate surface area is 109 Å². The minimum absolute atomic E-state index is 0.236. The van der Waals surface area contributed by atoms with E-state index < -0.39 is 0 Å². The molecule has 1 aromatic rings. The normalized spacial score (nSPS) is 19.3. The predicted octanol–water partition coefficient (Wildman–Crippen LogP) is 0.740. The third-order valence-electron chi connectivity index (χ3n) is 3.22. The van der Waals surface area contributed by atoms with Crippen LogP contribution in [0.1, 0.15) is 35.1 Å². The number of hydrogen-bond acceptors (Lipinski definition) is 4. The monoisotopic (exact) mass is 265 g/mol. The minimum atomic E-state index is -0.240. The smallest absolute Gasteiger partial charge is 0.270 e. The highest BCUT2D eigenvalue weighted by molar-refractivity contribution is 8.00. The number of amides is 1. The molecule has 1 saturated carbocycles. The van der Waals surface area contributed by atoms with Gasteiger partial charge in [-0.25, -0.2) is 4.98 Å². The molecule has 2 heterocycles. The first-order valence-corrected chi connectivity index (χ1v) is 7.35. The number of aromatic nitrogens is 2. The summed E-state index contributed by atoms with van der Waals surface area (Å²) in [6.45, 7) is 0.680. The van der Waals surface area contributed by atoms with Crippen molar-refractivity contribution in [2.75, 3.05) is 18.1 Å². The minimum Gasteiger partial charge on any atom is -0.350 e. The number of rotatable bonds is 4. The fraction of sp³-hybridized carbons (Fsp3) is 0.583. The Hall–Kier alpha value is -1.30. The van der Waals surface area contributed by atoms with Crippen LogP contribution in [0.3, 0.4) is 0 Å². The van der Waals surface area contributed by atoms with Crippen LogP contribution in [0.2, 0.25) is 0 Å². The molecule has 18 heavy (non-hydrogen) atoms. The highest BCUT2D eigenvalue weighted by atomic mass is 32.2. The van der Waals surface area contributed by atoms with Crippen molar-refractivity contribution in [2.45, 2.75) is 18.8 Å². The van der Waals surface area contributed by atoms with Gasteiger partial charge in [-0.1, -0.05) is 0 Å². The van der Waals surface area contributed by atoms with Gasteiger partial charge in [0, 0.05) is 18.5 Å². The number of nitrogens with one attached hydrogen (secondary N) is 2. The molecule has 3 rings (SSSR count). The van der Waals surface area contributed by atoms with E-state index in [0.717, 1.165) is 24.3 Å². The number of H-pyrrole nitrogens is 1. The Bertz CT molecular complexity index is 520. The SMILES string of the molecule is O=C(NCC1CSC1)c1cc(=O)[nH]c(C2CC2)n1. The Morgan fingerprint density at radius 3 is 2.89 bits per heavy atom. The Kier molecular flexibility index (Phi) is 3.11. The predicted molar refractivity (Wildman–Crippen MR) is 70.0 cm³/mol. The Morgan fingerprint density at radius 1 is 1.50 bits per heavy atom. The van der Waals surface area contributed by atoms with E-state index in [1.165, 1.54) is 6.07 Å². The average molecular weight is 265 g/mol. The maximum Gasteiger partial charge on any atom is 0.270 e. The molecule has 6 heteroatoms. The number of nitrogens with zero attached hydrogens (tertiary/aromatic N) is 1. The lowest BCUT2D eigenvalue weighted by Crippen LogP contribution is -2.36. The van der Waals surface area contributed by atoms with Gasteiger partial charge in [-0.3, -0.25) is 9.59 Å². The highest BCUT2D eigenvalue weighted by Gasteiger charge is 2.27. The number of thioether (sulfide) groups is 1. The van der Waals surface area contributed by atoms with Crippen LogP contribution in [-0.4, -0.2) is 33.9 Å².